The Kier molecular flexibility index (Phi) is 5.14. The van der Waals surface area contributed by atoms with E-state index in [1.54, 1.807) is 54.6 Å². The molecule has 1 aromatic heterocycles. The lowest BCUT2D eigenvalue weighted by atomic mass is 10.2. The first-order valence-corrected chi connectivity index (χ1v) is 7.84. The number of benzene rings is 2. The Morgan fingerprint density at radius 3 is 2.46 bits per heavy atom. The summed E-state index contributed by atoms with van der Waals surface area (Å²) >= 11 is 0. The van der Waals surface area contributed by atoms with Crippen molar-refractivity contribution in [3.63, 3.8) is 0 Å². The smallest absolute Gasteiger partial charge is 0.272 e. The van der Waals surface area contributed by atoms with Gasteiger partial charge in [-0.3, -0.25) is 9.59 Å². The monoisotopic (exact) mass is 348 g/mol. The second-order valence-corrected chi connectivity index (χ2v) is 5.40. The number of rotatable bonds is 5. The van der Waals surface area contributed by atoms with E-state index in [9.17, 15) is 14.7 Å². The number of amides is 2. The van der Waals surface area contributed by atoms with Crippen LogP contribution in [0, 0.1) is 0 Å². The van der Waals surface area contributed by atoms with Crippen molar-refractivity contribution in [2.45, 2.75) is 0 Å². The molecule has 130 valence electrons. The number of phenolic OH excluding ortho intramolecular Hbond substituents is 1. The lowest BCUT2D eigenvalue weighted by molar-refractivity contribution is -0.113. The predicted molar refractivity (Wildman–Crippen MR) is 97.3 cm³/mol. The van der Waals surface area contributed by atoms with E-state index >= 15 is 0 Å². The molecular weight excluding hydrogens is 332 g/mol. The molecule has 0 spiro atoms. The summed E-state index contributed by atoms with van der Waals surface area (Å²) in [5.74, 6) is -0.530. The van der Waals surface area contributed by atoms with Crippen molar-refractivity contribution in [2.24, 2.45) is 0 Å². The third kappa shape index (κ3) is 4.39. The van der Waals surface area contributed by atoms with Gasteiger partial charge in [-0.05, 0) is 36.4 Å². The van der Waals surface area contributed by atoms with Crippen LogP contribution in [0.4, 0.5) is 5.69 Å². The summed E-state index contributed by atoms with van der Waals surface area (Å²) in [5.41, 5.74) is 0.828. The number of furan rings is 1. The van der Waals surface area contributed by atoms with Gasteiger partial charge < -0.3 is 20.2 Å². The van der Waals surface area contributed by atoms with Crippen molar-refractivity contribution < 1.29 is 19.1 Å². The Morgan fingerprint density at radius 1 is 0.962 bits per heavy atom. The zero-order valence-electron chi connectivity index (χ0n) is 13.7. The third-order valence-electron chi connectivity index (χ3n) is 3.46. The molecule has 0 unspecified atom stereocenters. The van der Waals surface area contributed by atoms with Crippen LogP contribution in [-0.4, -0.2) is 16.9 Å². The van der Waals surface area contributed by atoms with Gasteiger partial charge in [0.25, 0.3) is 11.8 Å². The van der Waals surface area contributed by atoms with Crippen molar-refractivity contribution >= 4 is 23.6 Å². The molecule has 2 amide bonds. The molecule has 0 atom stereocenters. The molecule has 0 saturated carbocycles. The zero-order chi connectivity index (χ0) is 18.4. The molecular formula is C20H16N2O4. The van der Waals surface area contributed by atoms with Crippen LogP contribution in [0.5, 0.6) is 5.75 Å². The molecule has 2 aromatic carbocycles. The summed E-state index contributed by atoms with van der Waals surface area (Å²) in [6, 6.07) is 18.0. The van der Waals surface area contributed by atoms with Crippen LogP contribution in [0.1, 0.15) is 16.1 Å². The fourth-order valence-corrected chi connectivity index (χ4v) is 2.24. The number of carbonyl (C=O) groups excluding carboxylic acids is 2. The maximum absolute atomic E-state index is 12.6. The van der Waals surface area contributed by atoms with Gasteiger partial charge in [0.1, 0.15) is 17.2 Å². The Balaban J connectivity index is 1.83. The summed E-state index contributed by atoms with van der Waals surface area (Å²) in [6.45, 7) is 0. The molecule has 3 N–H and O–H groups in total. The molecule has 0 aliphatic rings. The van der Waals surface area contributed by atoms with Crippen LogP contribution in [0.3, 0.4) is 0 Å². The van der Waals surface area contributed by atoms with Gasteiger partial charge >= 0.3 is 0 Å². The van der Waals surface area contributed by atoms with E-state index in [1.807, 2.05) is 0 Å². The third-order valence-corrected chi connectivity index (χ3v) is 3.46. The quantitative estimate of drug-likeness (QED) is 0.616. The minimum absolute atomic E-state index is 0.0112. The summed E-state index contributed by atoms with van der Waals surface area (Å²) in [4.78, 5) is 25.0. The van der Waals surface area contributed by atoms with Crippen molar-refractivity contribution in [3.05, 3.63) is 90.0 Å². The number of anilines is 1. The molecule has 0 aliphatic carbocycles. The first-order valence-electron chi connectivity index (χ1n) is 7.84. The summed E-state index contributed by atoms with van der Waals surface area (Å²) < 4.78 is 5.22. The summed E-state index contributed by atoms with van der Waals surface area (Å²) in [5, 5.41) is 14.7. The minimum atomic E-state index is -0.545. The lowest BCUT2D eigenvalue weighted by Gasteiger charge is -2.11. The molecule has 6 nitrogen and oxygen atoms in total. The Bertz CT molecular complexity index is 931. The number of carbonyl (C=O) groups is 2. The Labute approximate surface area is 149 Å². The second kappa shape index (κ2) is 7.85. The molecule has 0 radical (unpaired) electrons. The van der Waals surface area contributed by atoms with Gasteiger partial charge in [-0.25, -0.2) is 0 Å². The number of nitrogens with one attached hydrogen (secondary N) is 2. The second-order valence-electron chi connectivity index (χ2n) is 5.40. The Hall–Kier alpha value is -3.80. The Morgan fingerprint density at radius 2 is 1.77 bits per heavy atom. The average molecular weight is 348 g/mol. The van der Waals surface area contributed by atoms with Gasteiger partial charge in [-0.15, -0.1) is 0 Å². The van der Waals surface area contributed by atoms with Gasteiger partial charge in [0.2, 0.25) is 0 Å². The minimum Gasteiger partial charge on any atom is -0.508 e. The van der Waals surface area contributed by atoms with Crippen molar-refractivity contribution in [2.75, 3.05) is 5.32 Å². The zero-order valence-corrected chi connectivity index (χ0v) is 13.7. The van der Waals surface area contributed by atoms with Crippen molar-refractivity contribution in [3.8, 4) is 5.75 Å². The van der Waals surface area contributed by atoms with Gasteiger partial charge in [-0.2, -0.15) is 0 Å². The highest BCUT2D eigenvalue weighted by Gasteiger charge is 2.15. The highest BCUT2D eigenvalue weighted by molar-refractivity contribution is 6.10. The lowest BCUT2D eigenvalue weighted by Crippen LogP contribution is -2.30. The molecule has 6 heteroatoms. The molecule has 0 saturated heterocycles. The van der Waals surface area contributed by atoms with E-state index in [1.165, 1.54) is 24.5 Å². The highest BCUT2D eigenvalue weighted by Crippen LogP contribution is 2.16. The molecule has 0 aliphatic heterocycles. The van der Waals surface area contributed by atoms with Crippen LogP contribution in [0.2, 0.25) is 0 Å². The van der Waals surface area contributed by atoms with Gasteiger partial charge in [-0.1, -0.05) is 24.3 Å². The fourth-order valence-electron chi connectivity index (χ4n) is 2.24. The first kappa shape index (κ1) is 17.0. The first-order chi connectivity index (χ1) is 12.6. The summed E-state index contributed by atoms with van der Waals surface area (Å²) in [7, 11) is 0. The molecule has 0 bridgehead atoms. The standard InChI is InChI=1S/C20H16N2O4/c23-16-9-4-8-15(12-16)21-20(25)18(13-17-10-5-11-26-17)22-19(24)14-6-2-1-3-7-14/h1-13,23H,(H,21,25)(H,22,24)/b18-13+. The molecule has 3 rings (SSSR count). The van der Waals surface area contributed by atoms with Gasteiger partial charge in [0.05, 0.1) is 6.26 Å². The molecule has 26 heavy (non-hydrogen) atoms. The van der Waals surface area contributed by atoms with Crippen LogP contribution in [0.15, 0.2) is 83.1 Å². The van der Waals surface area contributed by atoms with Gasteiger partial charge in [0.15, 0.2) is 0 Å². The van der Waals surface area contributed by atoms with Gasteiger partial charge in [0, 0.05) is 23.4 Å². The van der Waals surface area contributed by atoms with E-state index in [2.05, 4.69) is 10.6 Å². The topological polar surface area (TPSA) is 91.6 Å². The maximum Gasteiger partial charge on any atom is 0.272 e. The molecule has 3 aromatic rings. The number of phenols is 1. The van der Waals surface area contributed by atoms with E-state index < -0.39 is 11.8 Å². The van der Waals surface area contributed by atoms with Crippen LogP contribution < -0.4 is 10.6 Å². The van der Waals surface area contributed by atoms with Crippen LogP contribution in [-0.2, 0) is 4.79 Å². The van der Waals surface area contributed by atoms with Crippen molar-refractivity contribution in [1.29, 1.82) is 0 Å². The predicted octanol–water partition coefficient (Wildman–Crippen LogP) is 3.39. The molecule has 1 heterocycles. The number of hydrogen-bond donors (Lipinski definition) is 3. The SMILES string of the molecule is O=C(Nc1cccc(O)c1)/C(=C\c1ccco1)NC(=O)c1ccccc1. The van der Waals surface area contributed by atoms with Crippen LogP contribution in [0.25, 0.3) is 6.08 Å². The van der Waals surface area contributed by atoms with E-state index in [0.29, 0.717) is 17.0 Å². The summed E-state index contributed by atoms with van der Waals surface area (Å²) in [6.07, 6.45) is 2.90. The normalized spacial score (nSPS) is 11.0. The maximum atomic E-state index is 12.6. The fraction of sp³-hybridized carbons (Fsp3) is 0. The van der Waals surface area contributed by atoms with E-state index in [0.717, 1.165) is 0 Å². The average Bonchev–Trinajstić information content (AvgIpc) is 3.15. The van der Waals surface area contributed by atoms with Crippen molar-refractivity contribution in [1.82, 2.24) is 5.32 Å². The highest BCUT2D eigenvalue weighted by atomic mass is 16.3. The van der Waals surface area contributed by atoms with Crippen LogP contribution >= 0.6 is 0 Å². The van der Waals surface area contributed by atoms with E-state index in [-0.39, 0.29) is 11.4 Å². The number of hydrogen-bond acceptors (Lipinski definition) is 4. The molecule has 0 fully saturated rings. The largest absolute Gasteiger partial charge is 0.508 e. The number of aromatic hydroxyl groups is 1. The van der Waals surface area contributed by atoms with E-state index in [4.69, 9.17) is 4.42 Å².